The molecule has 45 heavy (non-hydrogen) atoms. The van der Waals surface area contributed by atoms with Gasteiger partial charge in [0.25, 0.3) is 11.5 Å². The number of morpholine rings is 1. The first-order valence-corrected chi connectivity index (χ1v) is 13.5. The predicted octanol–water partition coefficient (Wildman–Crippen LogP) is 2.12. The first-order valence-electron chi connectivity index (χ1n) is 13.5. The topological polar surface area (TPSA) is 149 Å². The lowest BCUT2D eigenvalue weighted by Crippen LogP contribution is -2.53. The molecule has 2 atom stereocenters. The summed E-state index contributed by atoms with van der Waals surface area (Å²) in [5.74, 6) is -3.67. The van der Waals surface area contributed by atoms with Crippen molar-refractivity contribution in [3.8, 4) is 5.69 Å². The molecule has 0 spiro atoms. The predicted molar refractivity (Wildman–Crippen MR) is 152 cm³/mol. The van der Waals surface area contributed by atoms with Crippen LogP contribution >= 0.6 is 0 Å². The zero-order valence-electron chi connectivity index (χ0n) is 23.8. The van der Waals surface area contributed by atoms with Gasteiger partial charge in [-0.25, -0.2) is 18.5 Å². The Kier molecular flexibility index (Phi) is 8.42. The molecule has 1 aliphatic rings. The number of aryl methyl sites for hydroxylation is 2. The van der Waals surface area contributed by atoms with Gasteiger partial charge in [-0.1, -0.05) is 0 Å². The van der Waals surface area contributed by atoms with E-state index in [9.17, 15) is 37.5 Å². The molecule has 3 aromatic heterocycles. The molecule has 1 saturated heterocycles. The van der Waals surface area contributed by atoms with E-state index in [0.29, 0.717) is 5.52 Å². The van der Waals surface area contributed by atoms with Gasteiger partial charge in [0.1, 0.15) is 17.9 Å². The van der Waals surface area contributed by atoms with Crippen LogP contribution in [0.4, 0.5) is 23.2 Å². The fourth-order valence-electron chi connectivity index (χ4n) is 5.19. The number of aliphatic carboxylic acids is 1. The zero-order valence-corrected chi connectivity index (χ0v) is 23.8. The molecule has 2 N–H and O–H groups in total. The second-order valence-corrected chi connectivity index (χ2v) is 10.4. The lowest BCUT2D eigenvalue weighted by molar-refractivity contribution is -0.167. The second kappa shape index (κ2) is 12.1. The number of alkyl halides is 3. The van der Waals surface area contributed by atoms with Crippen LogP contribution in [0.2, 0.25) is 0 Å². The van der Waals surface area contributed by atoms with E-state index in [4.69, 9.17) is 4.74 Å². The summed E-state index contributed by atoms with van der Waals surface area (Å²) in [7, 11) is 1.48. The van der Waals surface area contributed by atoms with Gasteiger partial charge in [0.15, 0.2) is 0 Å². The molecule has 0 radical (unpaired) electrons. The summed E-state index contributed by atoms with van der Waals surface area (Å²) < 4.78 is 62.9. The summed E-state index contributed by atoms with van der Waals surface area (Å²) in [5.41, 5.74) is -1.26. The van der Waals surface area contributed by atoms with Crippen molar-refractivity contribution in [2.24, 2.45) is 7.05 Å². The van der Waals surface area contributed by atoms with E-state index in [1.54, 1.807) is 0 Å². The summed E-state index contributed by atoms with van der Waals surface area (Å²) in [6, 6.07) is 2.69. The van der Waals surface area contributed by atoms with Gasteiger partial charge in [-0.3, -0.25) is 24.1 Å². The van der Waals surface area contributed by atoms with Crippen LogP contribution in [0.5, 0.6) is 0 Å². The van der Waals surface area contributed by atoms with Crippen molar-refractivity contribution in [2.45, 2.75) is 31.6 Å². The van der Waals surface area contributed by atoms with Gasteiger partial charge in [0.05, 0.1) is 47.8 Å². The average Bonchev–Trinajstić information content (AvgIpc) is 2.99. The highest BCUT2D eigenvalue weighted by Crippen LogP contribution is 2.33. The fraction of sp³-hybridized carbons (Fsp3) is 0.310. The van der Waals surface area contributed by atoms with Gasteiger partial charge < -0.3 is 20.1 Å². The third kappa shape index (κ3) is 6.13. The number of hydrogen-bond acceptors (Lipinski definition) is 8. The number of anilines is 1. The van der Waals surface area contributed by atoms with Crippen LogP contribution in [0, 0.1) is 12.7 Å². The van der Waals surface area contributed by atoms with Crippen molar-refractivity contribution in [2.75, 3.05) is 24.7 Å². The Morgan fingerprint density at radius 1 is 1.16 bits per heavy atom. The number of carboxylic acid groups (broad SMARTS) is 1. The molecule has 0 aliphatic carbocycles. The Balaban J connectivity index is 1.36. The Bertz CT molecular complexity index is 1880. The molecular weight excluding hydrogens is 604 g/mol. The second-order valence-electron chi connectivity index (χ2n) is 10.4. The summed E-state index contributed by atoms with van der Waals surface area (Å²) >= 11 is 0. The molecule has 2 unspecified atom stereocenters. The Morgan fingerprint density at radius 3 is 2.56 bits per heavy atom. The van der Waals surface area contributed by atoms with E-state index in [0.717, 1.165) is 15.5 Å². The maximum absolute atomic E-state index is 15.2. The third-order valence-electron chi connectivity index (χ3n) is 7.49. The van der Waals surface area contributed by atoms with Crippen molar-refractivity contribution in [3.63, 3.8) is 0 Å². The molecule has 1 amide bonds. The highest BCUT2D eigenvalue weighted by atomic mass is 19.4. The molecule has 236 valence electrons. The molecule has 12 nitrogen and oxygen atoms in total. The largest absolute Gasteiger partial charge is 0.480 e. The van der Waals surface area contributed by atoms with Crippen molar-refractivity contribution in [1.82, 2.24) is 24.4 Å². The molecule has 16 heteroatoms. The minimum atomic E-state index is -4.64. The maximum Gasteiger partial charge on any atom is 0.411 e. The van der Waals surface area contributed by atoms with E-state index in [1.165, 1.54) is 61.4 Å². The lowest BCUT2D eigenvalue weighted by Gasteiger charge is -2.38. The smallest absolute Gasteiger partial charge is 0.411 e. The molecule has 4 aromatic rings. The standard InChI is InChI=1S/C29H26F4N6O6/c1-15-9-18(38-7-8-45-14-23(38)29(31,32)33)11-20(30)24(15)25(40)36-21(27(42)43)10-16-3-4-17(12-35-16)39-26(41)19-5-6-34-13-22(19)37(2)28(39)44/h3-6,9,11-13,21,23H,7-8,10,14H2,1-2H3,(H,36,40)(H,42,43). The van der Waals surface area contributed by atoms with Crippen LogP contribution in [0.1, 0.15) is 21.6 Å². The first kappa shape index (κ1) is 31.3. The molecule has 0 saturated carbocycles. The van der Waals surface area contributed by atoms with Crippen LogP contribution in [-0.4, -0.2) is 74.1 Å². The highest BCUT2D eigenvalue weighted by Gasteiger charge is 2.45. The van der Waals surface area contributed by atoms with Gasteiger partial charge in [0, 0.05) is 37.6 Å². The average molecular weight is 631 g/mol. The number of hydrogen-bond donors (Lipinski definition) is 2. The van der Waals surface area contributed by atoms with E-state index in [1.807, 2.05) is 0 Å². The number of halogens is 4. The van der Waals surface area contributed by atoms with Crippen LogP contribution in [0.25, 0.3) is 16.6 Å². The van der Waals surface area contributed by atoms with E-state index in [-0.39, 0.29) is 47.6 Å². The lowest BCUT2D eigenvalue weighted by atomic mass is 10.0. The van der Waals surface area contributed by atoms with Crippen molar-refractivity contribution in [1.29, 1.82) is 0 Å². The number of nitrogens with zero attached hydrogens (tertiary/aromatic N) is 5. The number of nitrogens with one attached hydrogen (secondary N) is 1. The number of benzene rings is 1. The Morgan fingerprint density at radius 2 is 1.91 bits per heavy atom. The number of carbonyl (C=O) groups excluding carboxylic acids is 1. The van der Waals surface area contributed by atoms with Gasteiger partial charge in [0.2, 0.25) is 0 Å². The molecular formula is C29H26F4N6O6. The third-order valence-corrected chi connectivity index (χ3v) is 7.49. The van der Waals surface area contributed by atoms with Crippen molar-refractivity contribution >= 4 is 28.5 Å². The van der Waals surface area contributed by atoms with Gasteiger partial charge in [-0.15, -0.1) is 0 Å². The van der Waals surface area contributed by atoms with Crippen molar-refractivity contribution in [3.05, 3.63) is 92.4 Å². The number of carbonyl (C=O) groups is 2. The number of ether oxygens (including phenoxy) is 1. The minimum absolute atomic E-state index is 0.000258. The van der Waals surface area contributed by atoms with Crippen LogP contribution in [0.3, 0.4) is 0 Å². The molecule has 5 rings (SSSR count). The summed E-state index contributed by atoms with van der Waals surface area (Å²) in [6.45, 7) is 0.548. The quantitative estimate of drug-likeness (QED) is 0.293. The van der Waals surface area contributed by atoms with Gasteiger partial charge in [-0.05, 0) is 42.8 Å². The highest BCUT2D eigenvalue weighted by molar-refractivity contribution is 5.98. The van der Waals surface area contributed by atoms with E-state index < -0.39 is 59.4 Å². The molecule has 1 aliphatic heterocycles. The number of rotatable bonds is 7. The summed E-state index contributed by atoms with van der Waals surface area (Å²) in [5, 5.41) is 12.3. The fourth-order valence-corrected chi connectivity index (χ4v) is 5.19. The van der Waals surface area contributed by atoms with Crippen LogP contribution in [0.15, 0.2) is 58.5 Å². The number of aromatic nitrogens is 4. The molecule has 0 bridgehead atoms. The monoisotopic (exact) mass is 630 g/mol. The van der Waals surface area contributed by atoms with Gasteiger partial charge >= 0.3 is 17.8 Å². The SMILES string of the molecule is Cc1cc(N2CCOCC2C(F)(F)F)cc(F)c1C(=O)NC(Cc1ccc(-n2c(=O)c3ccncc3n(C)c2=O)cn1)C(=O)O. The molecule has 1 fully saturated rings. The van der Waals surface area contributed by atoms with Gasteiger partial charge in [-0.2, -0.15) is 13.2 Å². The van der Waals surface area contributed by atoms with Crippen molar-refractivity contribution < 1.29 is 37.0 Å². The van der Waals surface area contributed by atoms with Crippen LogP contribution in [-0.2, 0) is 23.0 Å². The van der Waals surface area contributed by atoms with Crippen LogP contribution < -0.4 is 21.5 Å². The molecule has 4 heterocycles. The first-order chi connectivity index (χ1) is 21.3. The normalized spacial score (nSPS) is 16.0. The Hall–Kier alpha value is -5.12. The number of amides is 1. The minimum Gasteiger partial charge on any atom is -0.480 e. The Labute approximate surface area is 251 Å². The molecule has 1 aromatic carbocycles. The summed E-state index contributed by atoms with van der Waals surface area (Å²) in [4.78, 5) is 60.0. The maximum atomic E-state index is 15.2. The van der Waals surface area contributed by atoms with E-state index >= 15 is 4.39 Å². The number of carboxylic acids is 1. The number of pyridine rings is 2. The zero-order chi connectivity index (χ0) is 32.6. The number of fused-ring (bicyclic) bond motifs is 1. The summed E-state index contributed by atoms with van der Waals surface area (Å²) in [6.07, 6.45) is -0.986. The van der Waals surface area contributed by atoms with E-state index in [2.05, 4.69) is 15.3 Å².